The van der Waals surface area contributed by atoms with E-state index in [0.29, 0.717) is 11.5 Å². The molecule has 150 valence electrons. The van der Waals surface area contributed by atoms with E-state index in [-0.39, 0.29) is 5.56 Å². The molecule has 1 aromatic carbocycles. The maximum Gasteiger partial charge on any atom is 0.433 e. The Kier molecular flexibility index (Phi) is 5.62. The van der Waals surface area contributed by atoms with Crippen LogP contribution in [0.3, 0.4) is 0 Å². The summed E-state index contributed by atoms with van der Waals surface area (Å²) in [7, 11) is 3.79. The van der Waals surface area contributed by atoms with Gasteiger partial charge in [0.25, 0.3) is 5.91 Å². The molecule has 2 heterocycles. The molecule has 0 saturated heterocycles. The number of aromatic nitrogens is 3. The van der Waals surface area contributed by atoms with Crippen molar-refractivity contribution in [2.75, 3.05) is 29.6 Å². The first-order valence-corrected chi connectivity index (χ1v) is 8.44. The number of alkyl halides is 3. The van der Waals surface area contributed by atoms with Crippen LogP contribution >= 0.6 is 0 Å². The summed E-state index contributed by atoms with van der Waals surface area (Å²) in [4.78, 5) is 17.4. The molecule has 2 N–H and O–H groups in total. The van der Waals surface area contributed by atoms with Gasteiger partial charge in [-0.15, -0.1) is 5.10 Å². The van der Waals surface area contributed by atoms with Crippen LogP contribution in [0.1, 0.15) is 16.1 Å². The lowest BCUT2D eigenvalue weighted by Crippen LogP contribution is -2.14. The van der Waals surface area contributed by atoms with Crippen molar-refractivity contribution in [1.82, 2.24) is 15.2 Å². The molecule has 7 nitrogen and oxygen atoms in total. The molecule has 0 aliphatic carbocycles. The fourth-order valence-electron chi connectivity index (χ4n) is 2.35. The van der Waals surface area contributed by atoms with Gasteiger partial charge < -0.3 is 15.5 Å². The van der Waals surface area contributed by atoms with Crippen molar-refractivity contribution >= 4 is 28.8 Å². The number of nitrogens with one attached hydrogen (secondary N) is 2. The van der Waals surface area contributed by atoms with Crippen molar-refractivity contribution in [2.45, 2.75) is 6.18 Å². The molecule has 3 aromatic rings. The minimum absolute atomic E-state index is 0.0241. The summed E-state index contributed by atoms with van der Waals surface area (Å²) in [6.45, 7) is 0. The van der Waals surface area contributed by atoms with Crippen molar-refractivity contribution in [3.8, 4) is 0 Å². The highest BCUT2D eigenvalue weighted by Crippen LogP contribution is 2.27. The number of carbonyl (C=O) groups excluding carboxylic acids is 1. The van der Waals surface area contributed by atoms with E-state index < -0.39 is 17.8 Å². The van der Waals surface area contributed by atoms with Gasteiger partial charge in [0.15, 0.2) is 5.82 Å². The number of amides is 1. The minimum Gasteiger partial charge on any atom is -0.376 e. The van der Waals surface area contributed by atoms with Crippen LogP contribution in [-0.2, 0) is 6.18 Å². The molecular formula is C19H17F3N6O. The van der Waals surface area contributed by atoms with Gasteiger partial charge in [-0.25, -0.2) is 0 Å². The Bertz CT molecular complexity index is 988. The van der Waals surface area contributed by atoms with Gasteiger partial charge >= 0.3 is 6.18 Å². The summed E-state index contributed by atoms with van der Waals surface area (Å²) >= 11 is 0. The standard InChI is InChI=1S/C19H17F3N6O/c1-28(2)15-9-17(27-24-11-15)25-13-4-6-14(7-5-13)26-18(29)12-3-8-16(23-10-12)19(20,21)22/h3-11H,1-2H3,(H,25,27)(H,26,29). The second-order valence-corrected chi connectivity index (χ2v) is 6.28. The highest BCUT2D eigenvalue weighted by molar-refractivity contribution is 6.04. The van der Waals surface area contributed by atoms with Gasteiger partial charge in [0.1, 0.15) is 5.69 Å². The van der Waals surface area contributed by atoms with E-state index in [9.17, 15) is 18.0 Å². The van der Waals surface area contributed by atoms with E-state index in [4.69, 9.17) is 0 Å². The highest BCUT2D eigenvalue weighted by atomic mass is 19.4. The largest absolute Gasteiger partial charge is 0.433 e. The molecule has 2 aromatic heterocycles. The van der Waals surface area contributed by atoms with Gasteiger partial charge in [-0.05, 0) is 36.4 Å². The Balaban J connectivity index is 1.64. The van der Waals surface area contributed by atoms with Crippen molar-refractivity contribution in [1.29, 1.82) is 0 Å². The van der Waals surface area contributed by atoms with E-state index >= 15 is 0 Å². The van der Waals surface area contributed by atoms with Crippen LogP contribution in [0, 0.1) is 0 Å². The fraction of sp³-hybridized carbons (Fsp3) is 0.158. The maximum atomic E-state index is 12.5. The summed E-state index contributed by atoms with van der Waals surface area (Å²) in [6.07, 6.45) is -2.02. The van der Waals surface area contributed by atoms with E-state index in [1.54, 1.807) is 30.5 Å². The molecule has 29 heavy (non-hydrogen) atoms. The molecule has 0 atom stereocenters. The summed E-state index contributed by atoms with van der Waals surface area (Å²) < 4.78 is 37.6. The number of pyridine rings is 1. The topological polar surface area (TPSA) is 83.0 Å². The van der Waals surface area contributed by atoms with Crippen LogP contribution in [-0.4, -0.2) is 35.2 Å². The molecule has 10 heteroatoms. The molecule has 0 bridgehead atoms. The molecule has 0 fully saturated rings. The molecular weight excluding hydrogens is 385 g/mol. The summed E-state index contributed by atoms with van der Waals surface area (Å²) in [5, 5.41) is 13.6. The predicted molar refractivity (Wildman–Crippen MR) is 103 cm³/mol. The molecule has 0 unspecified atom stereocenters. The predicted octanol–water partition coefficient (Wildman–Crippen LogP) is 3.95. The molecule has 0 radical (unpaired) electrons. The van der Waals surface area contributed by atoms with Crippen LogP contribution in [0.5, 0.6) is 0 Å². The summed E-state index contributed by atoms with van der Waals surface area (Å²) in [6, 6.07) is 10.4. The van der Waals surface area contributed by atoms with E-state index in [1.165, 1.54) is 0 Å². The Morgan fingerprint density at radius 2 is 1.69 bits per heavy atom. The average molecular weight is 402 g/mol. The molecule has 1 amide bonds. The number of halogens is 3. The zero-order valence-electron chi connectivity index (χ0n) is 15.5. The fourth-order valence-corrected chi connectivity index (χ4v) is 2.35. The third-order valence-corrected chi connectivity index (χ3v) is 3.89. The van der Waals surface area contributed by atoms with Crippen LogP contribution in [0.15, 0.2) is 54.9 Å². The van der Waals surface area contributed by atoms with Crippen LogP contribution in [0.4, 0.5) is 36.1 Å². The van der Waals surface area contributed by atoms with E-state index in [1.807, 2.05) is 25.1 Å². The van der Waals surface area contributed by atoms with Gasteiger partial charge in [-0.1, -0.05) is 0 Å². The number of hydrogen-bond donors (Lipinski definition) is 2. The summed E-state index contributed by atoms with van der Waals surface area (Å²) in [5.74, 6) is 0.000277. The normalized spacial score (nSPS) is 11.1. The first-order valence-electron chi connectivity index (χ1n) is 8.44. The Hall–Kier alpha value is -3.69. The smallest absolute Gasteiger partial charge is 0.376 e. The molecule has 3 rings (SSSR count). The van der Waals surface area contributed by atoms with Gasteiger partial charge in [0.05, 0.1) is 17.4 Å². The second-order valence-electron chi connectivity index (χ2n) is 6.28. The lowest BCUT2D eigenvalue weighted by atomic mass is 10.2. The maximum absolute atomic E-state index is 12.5. The first-order chi connectivity index (χ1) is 13.7. The Morgan fingerprint density at radius 1 is 1.00 bits per heavy atom. The van der Waals surface area contributed by atoms with Gasteiger partial charge in [0, 0.05) is 37.7 Å². The lowest BCUT2D eigenvalue weighted by molar-refractivity contribution is -0.141. The van der Waals surface area contributed by atoms with Gasteiger partial charge in [0.2, 0.25) is 0 Å². The van der Waals surface area contributed by atoms with E-state index in [0.717, 1.165) is 29.7 Å². The summed E-state index contributed by atoms with van der Waals surface area (Å²) in [5.41, 5.74) is 1.07. The van der Waals surface area contributed by atoms with Crippen LogP contribution in [0.25, 0.3) is 0 Å². The minimum atomic E-state index is -4.55. The van der Waals surface area contributed by atoms with Crippen molar-refractivity contribution in [2.24, 2.45) is 0 Å². The van der Waals surface area contributed by atoms with Crippen molar-refractivity contribution < 1.29 is 18.0 Å². The zero-order valence-corrected chi connectivity index (χ0v) is 15.5. The van der Waals surface area contributed by atoms with Crippen LogP contribution in [0.2, 0.25) is 0 Å². The molecule has 0 aliphatic heterocycles. The van der Waals surface area contributed by atoms with Crippen molar-refractivity contribution in [3.05, 3.63) is 66.1 Å². The average Bonchev–Trinajstić information content (AvgIpc) is 2.69. The van der Waals surface area contributed by atoms with Gasteiger partial charge in [-0.3, -0.25) is 9.78 Å². The highest BCUT2D eigenvalue weighted by Gasteiger charge is 2.32. The van der Waals surface area contributed by atoms with Crippen LogP contribution < -0.4 is 15.5 Å². The second kappa shape index (κ2) is 8.13. The third-order valence-electron chi connectivity index (χ3n) is 3.89. The number of rotatable bonds is 5. The Labute approximate surface area is 164 Å². The quantitative estimate of drug-likeness (QED) is 0.672. The number of benzene rings is 1. The monoisotopic (exact) mass is 402 g/mol. The Morgan fingerprint density at radius 3 is 2.28 bits per heavy atom. The number of hydrogen-bond acceptors (Lipinski definition) is 6. The van der Waals surface area contributed by atoms with E-state index in [2.05, 4.69) is 25.8 Å². The number of anilines is 4. The van der Waals surface area contributed by atoms with Crippen molar-refractivity contribution in [3.63, 3.8) is 0 Å². The molecule has 0 spiro atoms. The third kappa shape index (κ3) is 5.18. The number of nitrogens with zero attached hydrogens (tertiary/aromatic N) is 4. The SMILES string of the molecule is CN(C)c1cnnc(Nc2ccc(NC(=O)c3ccc(C(F)(F)F)nc3)cc2)c1. The number of carbonyl (C=O) groups is 1. The molecule has 0 saturated carbocycles. The molecule has 0 aliphatic rings. The zero-order chi connectivity index (χ0) is 21.0. The first kappa shape index (κ1) is 20.1. The van der Waals surface area contributed by atoms with Gasteiger partial charge in [-0.2, -0.15) is 18.3 Å². The lowest BCUT2D eigenvalue weighted by Gasteiger charge is -2.13.